The molecule has 2 heterocycles. The zero-order valence-corrected chi connectivity index (χ0v) is 18.5. The van der Waals surface area contributed by atoms with Gasteiger partial charge in [0.05, 0.1) is 19.2 Å². The summed E-state index contributed by atoms with van der Waals surface area (Å²) in [6.07, 6.45) is 2.56. The lowest BCUT2D eigenvalue weighted by Crippen LogP contribution is -2.40. The van der Waals surface area contributed by atoms with Gasteiger partial charge < -0.3 is 10.0 Å². The molecule has 0 amide bonds. The molecular formula is C25H27FN4O2. The predicted octanol–water partition coefficient (Wildman–Crippen LogP) is 3.39. The van der Waals surface area contributed by atoms with Gasteiger partial charge in [0.2, 0.25) is 5.95 Å². The second kappa shape index (κ2) is 8.67. The SMILES string of the molecule is CC(C)(C)c1ccc(Cn2cnc(N3CC=C(c4ccc(F)cc4)C(O)C3)nc2=O)cc1. The molecule has 1 aliphatic heterocycles. The number of rotatable bonds is 4. The van der Waals surface area contributed by atoms with E-state index in [0.717, 1.165) is 16.7 Å². The predicted molar refractivity (Wildman–Crippen MR) is 123 cm³/mol. The van der Waals surface area contributed by atoms with Crippen molar-refractivity contribution in [2.24, 2.45) is 0 Å². The second-order valence-electron chi connectivity index (χ2n) is 9.10. The fourth-order valence-corrected chi connectivity index (χ4v) is 3.76. The van der Waals surface area contributed by atoms with Gasteiger partial charge in [-0.25, -0.2) is 14.2 Å². The average molecular weight is 435 g/mol. The Morgan fingerprint density at radius 2 is 1.78 bits per heavy atom. The van der Waals surface area contributed by atoms with Crippen molar-refractivity contribution in [3.05, 3.63) is 93.9 Å². The van der Waals surface area contributed by atoms with Gasteiger partial charge in [0.15, 0.2) is 0 Å². The summed E-state index contributed by atoms with van der Waals surface area (Å²) in [5.41, 5.74) is 3.41. The number of benzene rings is 2. The third-order valence-corrected chi connectivity index (χ3v) is 5.67. The molecule has 3 aromatic rings. The number of halogens is 1. The minimum atomic E-state index is -0.790. The number of hydrogen-bond acceptors (Lipinski definition) is 5. The monoisotopic (exact) mass is 434 g/mol. The third kappa shape index (κ3) is 4.78. The van der Waals surface area contributed by atoms with Crippen molar-refractivity contribution in [1.29, 1.82) is 0 Å². The Hall–Kier alpha value is -3.32. The first kappa shape index (κ1) is 21.9. The van der Waals surface area contributed by atoms with Crippen LogP contribution in [0.15, 0.2) is 65.7 Å². The van der Waals surface area contributed by atoms with Crippen LogP contribution in [-0.2, 0) is 12.0 Å². The molecule has 0 aliphatic carbocycles. The number of aromatic nitrogens is 3. The summed E-state index contributed by atoms with van der Waals surface area (Å²) >= 11 is 0. The molecule has 0 saturated carbocycles. The Bertz CT molecular complexity index is 1180. The molecule has 0 fully saturated rings. The van der Waals surface area contributed by atoms with Crippen LogP contribution < -0.4 is 10.6 Å². The summed E-state index contributed by atoms with van der Waals surface area (Å²) in [6.45, 7) is 7.57. The minimum absolute atomic E-state index is 0.0736. The Morgan fingerprint density at radius 1 is 1.09 bits per heavy atom. The Balaban J connectivity index is 1.48. The lowest BCUT2D eigenvalue weighted by atomic mass is 9.87. The van der Waals surface area contributed by atoms with Crippen LogP contribution in [-0.4, -0.2) is 38.8 Å². The highest BCUT2D eigenvalue weighted by molar-refractivity contribution is 5.71. The normalized spacial score (nSPS) is 16.7. The molecule has 7 heteroatoms. The summed E-state index contributed by atoms with van der Waals surface area (Å²) in [5.74, 6) is -0.0387. The van der Waals surface area contributed by atoms with Crippen LogP contribution in [0.25, 0.3) is 5.57 Å². The van der Waals surface area contributed by atoms with Crippen LogP contribution >= 0.6 is 0 Å². The number of aliphatic hydroxyl groups is 1. The van der Waals surface area contributed by atoms with Crippen LogP contribution in [0.1, 0.15) is 37.5 Å². The maximum Gasteiger partial charge on any atom is 0.352 e. The maximum absolute atomic E-state index is 13.2. The smallest absolute Gasteiger partial charge is 0.352 e. The number of aliphatic hydroxyl groups excluding tert-OH is 1. The van der Waals surface area contributed by atoms with Crippen molar-refractivity contribution in [2.75, 3.05) is 18.0 Å². The molecule has 1 N–H and O–H groups in total. The lowest BCUT2D eigenvalue weighted by Gasteiger charge is -2.30. The first-order valence-electron chi connectivity index (χ1n) is 10.6. The molecule has 0 bridgehead atoms. The van der Waals surface area contributed by atoms with Crippen LogP contribution in [0.5, 0.6) is 0 Å². The molecule has 1 unspecified atom stereocenters. The van der Waals surface area contributed by atoms with E-state index < -0.39 is 11.8 Å². The van der Waals surface area contributed by atoms with Gasteiger partial charge in [0.1, 0.15) is 12.1 Å². The largest absolute Gasteiger partial charge is 0.387 e. The molecule has 1 atom stereocenters. The standard InChI is InChI=1S/C25H27FN4O2/c1-25(2,3)19-8-4-17(5-9-19)14-30-16-27-23(28-24(30)32)29-13-12-21(22(31)15-29)18-6-10-20(26)11-7-18/h4-12,16,22,31H,13-15H2,1-3H3. The topological polar surface area (TPSA) is 71.2 Å². The highest BCUT2D eigenvalue weighted by Gasteiger charge is 2.24. The quantitative estimate of drug-likeness (QED) is 0.682. The second-order valence-corrected chi connectivity index (χ2v) is 9.10. The minimum Gasteiger partial charge on any atom is -0.387 e. The van der Waals surface area contributed by atoms with Crippen molar-refractivity contribution in [2.45, 2.75) is 38.8 Å². The Labute approximate surface area is 186 Å². The lowest BCUT2D eigenvalue weighted by molar-refractivity contribution is 0.233. The van der Waals surface area contributed by atoms with Crippen molar-refractivity contribution in [3.8, 4) is 0 Å². The van der Waals surface area contributed by atoms with E-state index in [9.17, 15) is 14.3 Å². The van der Waals surface area contributed by atoms with Gasteiger partial charge in [0, 0.05) is 6.54 Å². The molecule has 0 radical (unpaired) electrons. The average Bonchev–Trinajstić information content (AvgIpc) is 2.75. The van der Waals surface area contributed by atoms with Gasteiger partial charge in [-0.1, -0.05) is 63.2 Å². The van der Waals surface area contributed by atoms with E-state index in [4.69, 9.17) is 0 Å². The van der Waals surface area contributed by atoms with Crippen molar-refractivity contribution >= 4 is 11.5 Å². The third-order valence-electron chi connectivity index (χ3n) is 5.67. The maximum atomic E-state index is 13.2. The van der Waals surface area contributed by atoms with E-state index in [1.54, 1.807) is 17.0 Å². The molecule has 166 valence electrons. The van der Waals surface area contributed by atoms with Crippen LogP contribution in [0.2, 0.25) is 0 Å². The molecule has 1 aliphatic rings. The van der Waals surface area contributed by atoms with E-state index in [-0.39, 0.29) is 23.7 Å². The number of anilines is 1. The van der Waals surface area contributed by atoms with Crippen LogP contribution in [0.3, 0.4) is 0 Å². The molecule has 0 saturated heterocycles. The van der Waals surface area contributed by atoms with Crippen molar-refractivity contribution in [1.82, 2.24) is 14.5 Å². The summed E-state index contributed by atoms with van der Waals surface area (Å²) in [6, 6.07) is 14.2. The highest BCUT2D eigenvalue weighted by atomic mass is 19.1. The first-order chi connectivity index (χ1) is 15.2. The molecule has 0 spiro atoms. The Morgan fingerprint density at radius 3 is 2.38 bits per heavy atom. The summed E-state index contributed by atoms with van der Waals surface area (Å²) in [4.78, 5) is 22.8. The van der Waals surface area contributed by atoms with Gasteiger partial charge in [-0.15, -0.1) is 0 Å². The molecule has 4 rings (SSSR count). The van der Waals surface area contributed by atoms with E-state index in [2.05, 4.69) is 42.9 Å². The highest BCUT2D eigenvalue weighted by Crippen LogP contribution is 2.25. The zero-order chi connectivity index (χ0) is 22.9. The number of nitrogens with zero attached hydrogens (tertiary/aromatic N) is 4. The number of hydrogen-bond donors (Lipinski definition) is 1. The van der Waals surface area contributed by atoms with E-state index >= 15 is 0 Å². The first-order valence-corrected chi connectivity index (χ1v) is 10.6. The molecular weight excluding hydrogens is 407 g/mol. The fraction of sp³-hybridized carbons (Fsp3) is 0.320. The van der Waals surface area contributed by atoms with E-state index in [0.29, 0.717) is 13.1 Å². The van der Waals surface area contributed by atoms with Gasteiger partial charge in [-0.3, -0.25) is 4.57 Å². The van der Waals surface area contributed by atoms with Gasteiger partial charge in [-0.05, 0) is 39.8 Å². The van der Waals surface area contributed by atoms with Crippen LogP contribution in [0, 0.1) is 5.82 Å². The van der Waals surface area contributed by atoms with E-state index in [1.165, 1.54) is 28.6 Å². The molecule has 32 heavy (non-hydrogen) atoms. The van der Waals surface area contributed by atoms with Crippen molar-refractivity contribution in [3.63, 3.8) is 0 Å². The summed E-state index contributed by atoms with van der Waals surface area (Å²) < 4.78 is 14.6. The van der Waals surface area contributed by atoms with Gasteiger partial charge in [0.25, 0.3) is 0 Å². The zero-order valence-electron chi connectivity index (χ0n) is 18.5. The van der Waals surface area contributed by atoms with Crippen LogP contribution in [0.4, 0.5) is 10.3 Å². The van der Waals surface area contributed by atoms with Gasteiger partial charge >= 0.3 is 5.69 Å². The molecule has 2 aromatic carbocycles. The molecule has 1 aromatic heterocycles. The van der Waals surface area contributed by atoms with E-state index in [1.807, 2.05) is 18.2 Å². The summed E-state index contributed by atoms with van der Waals surface area (Å²) in [7, 11) is 0. The fourth-order valence-electron chi connectivity index (χ4n) is 3.76. The van der Waals surface area contributed by atoms with Gasteiger partial charge in [-0.2, -0.15) is 4.98 Å². The molecule has 6 nitrogen and oxygen atoms in total. The Kier molecular flexibility index (Phi) is 5.93. The number of β-amino-alcohol motifs (C(OH)–C–C–N with tert-alkyl or cyclic N) is 1. The van der Waals surface area contributed by atoms with Crippen molar-refractivity contribution < 1.29 is 9.50 Å². The summed E-state index contributed by atoms with van der Waals surface area (Å²) in [5, 5.41) is 10.6.